The second-order valence-electron chi connectivity index (χ2n) is 11.5. The number of aliphatic imine (C=N–C) groups is 1. The SMILES string of the molecule is CCCCCCCCCCCC1=NC2(CCN(S(=O)(=O)CCc3c(C)cc(N(C)C(N)=O)cc3C)CC2)C(=O)N1. The van der Waals surface area contributed by atoms with Crippen LogP contribution in [0.3, 0.4) is 0 Å². The lowest BCUT2D eigenvalue weighted by Crippen LogP contribution is -2.50. The first-order valence-electron chi connectivity index (χ1n) is 15.0. The van der Waals surface area contributed by atoms with Crippen LogP contribution < -0.4 is 16.0 Å². The summed E-state index contributed by atoms with van der Waals surface area (Å²) in [7, 11) is -1.88. The Morgan fingerprint density at radius 1 is 1.00 bits per heavy atom. The summed E-state index contributed by atoms with van der Waals surface area (Å²) in [6, 6.07) is 3.16. The molecule has 0 saturated carbocycles. The van der Waals surface area contributed by atoms with Crippen molar-refractivity contribution in [1.29, 1.82) is 0 Å². The van der Waals surface area contributed by atoms with Crippen LogP contribution in [0.1, 0.15) is 101 Å². The molecule has 0 aliphatic carbocycles. The third-order valence-electron chi connectivity index (χ3n) is 8.50. The number of nitrogens with one attached hydrogen (secondary N) is 1. The van der Waals surface area contributed by atoms with Gasteiger partial charge in [-0.1, -0.05) is 58.3 Å². The molecule has 2 aliphatic heterocycles. The Balaban J connectivity index is 1.47. The molecule has 3 rings (SSSR count). The van der Waals surface area contributed by atoms with Crippen LogP contribution >= 0.6 is 0 Å². The van der Waals surface area contributed by atoms with Gasteiger partial charge in [0.2, 0.25) is 10.0 Å². The number of piperidine rings is 1. The van der Waals surface area contributed by atoms with Crippen LogP contribution in [0.2, 0.25) is 0 Å². The number of nitrogens with two attached hydrogens (primary N) is 1. The van der Waals surface area contributed by atoms with Crippen LogP contribution in [0.15, 0.2) is 17.1 Å². The van der Waals surface area contributed by atoms with Crippen LogP contribution in [-0.4, -0.2) is 61.9 Å². The zero-order valence-corrected chi connectivity index (χ0v) is 25.7. The molecule has 2 heterocycles. The third-order valence-corrected chi connectivity index (χ3v) is 10.4. The summed E-state index contributed by atoms with van der Waals surface area (Å²) in [5.41, 5.74) is 8.05. The van der Waals surface area contributed by atoms with Crippen LogP contribution in [0.25, 0.3) is 0 Å². The van der Waals surface area contributed by atoms with Gasteiger partial charge in [0.1, 0.15) is 11.4 Å². The quantitative estimate of drug-likeness (QED) is 0.286. The number of aryl methyl sites for hydroxylation is 2. The second kappa shape index (κ2) is 14.4. The van der Waals surface area contributed by atoms with Gasteiger partial charge in [-0.3, -0.25) is 14.7 Å². The molecule has 1 fully saturated rings. The molecule has 0 aromatic heterocycles. The van der Waals surface area contributed by atoms with Gasteiger partial charge >= 0.3 is 6.03 Å². The molecular weight excluding hydrogens is 526 g/mol. The van der Waals surface area contributed by atoms with Crippen molar-refractivity contribution >= 4 is 33.5 Å². The van der Waals surface area contributed by atoms with Gasteiger partial charge in [0.25, 0.3) is 5.91 Å². The Morgan fingerprint density at radius 3 is 2.10 bits per heavy atom. The molecule has 1 aromatic rings. The molecular formula is C30H49N5O4S. The molecule has 2 aliphatic rings. The predicted octanol–water partition coefficient (Wildman–Crippen LogP) is 4.97. The normalized spacial score (nSPS) is 17.2. The lowest BCUT2D eigenvalue weighted by molar-refractivity contribution is -0.124. The minimum Gasteiger partial charge on any atom is -0.351 e. The van der Waals surface area contributed by atoms with Crippen molar-refractivity contribution in [2.45, 2.75) is 110 Å². The largest absolute Gasteiger partial charge is 0.351 e. The number of benzene rings is 1. The summed E-state index contributed by atoms with van der Waals surface area (Å²) < 4.78 is 27.9. The van der Waals surface area contributed by atoms with E-state index in [9.17, 15) is 18.0 Å². The highest BCUT2D eigenvalue weighted by Gasteiger charge is 2.47. The first-order chi connectivity index (χ1) is 19.0. The van der Waals surface area contributed by atoms with E-state index in [0.717, 1.165) is 41.8 Å². The van der Waals surface area contributed by atoms with Gasteiger partial charge in [0.15, 0.2) is 0 Å². The first kappa shape index (κ1) is 32.1. The Hall–Kier alpha value is -2.46. The standard InChI is InChI=1S/C30H49N5O4S/c1-5-6-7-8-9-10-11-12-13-14-27-32-28(36)30(33-27)16-18-35(19-17-30)40(38,39)20-15-26-23(2)21-25(22-24(26)3)34(4)29(31)37/h21-22H,5-20H2,1-4H3,(H2,31,37)(H,32,33,36). The molecule has 0 bridgehead atoms. The summed E-state index contributed by atoms with van der Waals surface area (Å²) in [5.74, 6) is 0.676. The zero-order valence-electron chi connectivity index (χ0n) is 24.9. The molecule has 1 aromatic carbocycles. The van der Waals surface area contributed by atoms with Crippen molar-refractivity contribution in [2.24, 2.45) is 10.7 Å². The predicted molar refractivity (Wildman–Crippen MR) is 162 cm³/mol. The highest BCUT2D eigenvalue weighted by molar-refractivity contribution is 7.89. The van der Waals surface area contributed by atoms with Gasteiger partial charge in [-0.25, -0.2) is 17.5 Å². The number of carbonyl (C=O) groups excluding carboxylic acids is 2. The molecule has 0 unspecified atom stereocenters. The number of unbranched alkanes of at least 4 members (excludes halogenated alkanes) is 8. The van der Waals surface area contributed by atoms with Gasteiger partial charge in [0.05, 0.1) is 5.75 Å². The molecule has 224 valence electrons. The fourth-order valence-corrected chi connectivity index (χ4v) is 7.28. The van der Waals surface area contributed by atoms with E-state index in [1.807, 2.05) is 26.0 Å². The number of hydrogen-bond donors (Lipinski definition) is 2. The summed E-state index contributed by atoms with van der Waals surface area (Å²) in [5, 5.41) is 2.98. The summed E-state index contributed by atoms with van der Waals surface area (Å²) in [6.07, 6.45) is 13.2. The minimum absolute atomic E-state index is 0.00793. The molecule has 3 N–H and O–H groups in total. The Morgan fingerprint density at radius 2 is 1.55 bits per heavy atom. The molecule has 1 spiro atoms. The second-order valence-corrected chi connectivity index (χ2v) is 13.6. The molecule has 1 saturated heterocycles. The van der Waals surface area contributed by atoms with E-state index >= 15 is 0 Å². The summed E-state index contributed by atoms with van der Waals surface area (Å²) >= 11 is 0. The van der Waals surface area contributed by atoms with Crippen LogP contribution in [0.4, 0.5) is 10.5 Å². The average molecular weight is 576 g/mol. The lowest BCUT2D eigenvalue weighted by atomic mass is 9.89. The van der Waals surface area contributed by atoms with E-state index in [2.05, 4.69) is 12.2 Å². The van der Waals surface area contributed by atoms with Crippen molar-refractivity contribution in [1.82, 2.24) is 9.62 Å². The van der Waals surface area contributed by atoms with E-state index in [0.29, 0.717) is 38.0 Å². The number of sulfonamides is 1. The monoisotopic (exact) mass is 575 g/mol. The summed E-state index contributed by atoms with van der Waals surface area (Å²) in [4.78, 5) is 30.5. The Labute approximate surface area is 241 Å². The molecule has 40 heavy (non-hydrogen) atoms. The Kier molecular flexibility index (Phi) is 11.6. The molecule has 10 heteroatoms. The van der Waals surface area contributed by atoms with E-state index in [1.165, 1.54) is 54.2 Å². The van der Waals surface area contributed by atoms with Gasteiger partial charge in [-0.15, -0.1) is 0 Å². The first-order valence-corrected chi connectivity index (χ1v) is 16.6. The van der Waals surface area contributed by atoms with Gasteiger partial charge < -0.3 is 11.1 Å². The Bertz CT molecular complexity index is 1150. The number of urea groups is 1. The third kappa shape index (κ3) is 8.28. The van der Waals surface area contributed by atoms with Gasteiger partial charge in [0, 0.05) is 32.2 Å². The molecule has 3 amide bonds. The fourth-order valence-electron chi connectivity index (χ4n) is 5.83. The highest BCUT2D eigenvalue weighted by atomic mass is 32.2. The smallest absolute Gasteiger partial charge is 0.318 e. The number of amidine groups is 1. The van der Waals surface area contributed by atoms with Crippen molar-refractivity contribution in [3.8, 4) is 0 Å². The number of amides is 3. The number of anilines is 1. The topological polar surface area (TPSA) is 125 Å². The maximum Gasteiger partial charge on any atom is 0.318 e. The van der Waals surface area contributed by atoms with E-state index in [-0.39, 0.29) is 11.7 Å². The number of primary amides is 1. The number of rotatable bonds is 15. The van der Waals surface area contributed by atoms with E-state index in [1.54, 1.807) is 7.05 Å². The molecule has 0 atom stereocenters. The number of nitrogens with zero attached hydrogens (tertiary/aromatic N) is 3. The maximum atomic E-state index is 13.2. The van der Waals surface area contributed by atoms with E-state index in [4.69, 9.17) is 10.7 Å². The van der Waals surface area contributed by atoms with Crippen molar-refractivity contribution in [3.63, 3.8) is 0 Å². The van der Waals surface area contributed by atoms with Crippen molar-refractivity contribution < 1.29 is 18.0 Å². The lowest BCUT2D eigenvalue weighted by Gasteiger charge is -2.34. The molecule has 0 radical (unpaired) electrons. The van der Waals surface area contributed by atoms with E-state index < -0.39 is 21.6 Å². The number of carbonyl (C=O) groups is 2. The zero-order chi connectivity index (χ0) is 29.3. The minimum atomic E-state index is -3.49. The van der Waals surface area contributed by atoms with Gasteiger partial charge in [-0.05, 0) is 68.4 Å². The van der Waals surface area contributed by atoms with Gasteiger partial charge in [-0.2, -0.15) is 0 Å². The van der Waals surface area contributed by atoms with Crippen LogP contribution in [0.5, 0.6) is 0 Å². The van der Waals surface area contributed by atoms with Crippen molar-refractivity contribution in [3.05, 3.63) is 28.8 Å². The molecule has 9 nitrogen and oxygen atoms in total. The van der Waals surface area contributed by atoms with Crippen LogP contribution in [-0.2, 0) is 21.2 Å². The average Bonchev–Trinajstić information content (AvgIpc) is 3.20. The maximum absolute atomic E-state index is 13.2. The number of hydrogen-bond acceptors (Lipinski definition) is 5. The highest BCUT2D eigenvalue weighted by Crippen LogP contribution is 2.32. The fraction of sp³-hybridized carbons (Fsp3) is 0.700. The van der Waals surface area contributed by atoms with Crippen LogP contribution in [0, 0.1) is 13.8 Å². The summed E-state index contributed by atoms with van der Waals surface area (Å²) in [6.45, 7) is 6.66. The van der Waals surface area contributed by atoms with Crippen molar-refractivity contribution in [2.75, 3.05) is 30.8 Å².